The summed E-state index contributed by atoms with van der Waals surface area (Å²) < 4.78 is 34.7. The number of para-hydroxylation sites is 1. The molecule has 2 amide bonds. The SMILES string of the molecule is COC(=O)CN1C(=O)S/C(=C\c2ccccc2OS(=O)(=O)c2ccccc2)C1=O. The van der Waals surface area contributed by atoms with Gasteiger partial charge in [-0.25, -0.2) is 0 Å². The summed E-state index contributed by atoms with van der Waals surface area (Å²) in [6, 6.07) is 13.8. The molecule has 29 heavy (non-hydrogen) atoms. The predicted octanol–water partition coefficient (Wildman–Crippen LogP) is 2.66. The third-order valence-corrected chi connectivity index (χ3v) is 5.98. The van der Waals surface area contributed by atoms with E-state index in [4.69, 9.17) is 4.18 Å². The highest BCUT2D eigenvalue weighted by Crippen LogP contribution is 2.34. The number of nitrogens with zero attached hydrogens (tertiary/aromatic N) is 1. The van der Waals surface area contributed by atoms with E-state index in [0.717, 1.165) is 12.0 Å². The standard InChI is InChI=1S/C19H15NO7S2/c1-26-17(21)12-20-18(22)16(28-19(20)23)11-13-7-5-6-10-15(13)27-29(24,25)14-8-3-2-4-9-14/h2-11H,12H2,1H3/b16-11-. The number of hydrogen-bond acceptors (Lipinski definition) is 8. The van der Waals surface area contributed by atoms with E-state index in [1.165, 1.54) is 24.3 Å². The highest BCUT2D eigenvalue weighted by molar-refractivity contribution is 8.18. The molecule has 0 spiro atoms. The van der Waals surface area contributed by atoms with Crippen LogP contribution in [0, 0.1) is 0 Å². The van der Waals surface area contributed by atoms with Gasteiger partial charge in [-0.15, -0.1) is 0 Å². The molecule has 1 heterocycles. The third-order valence-electron chi connectivity index (χ3n) is 3.83. The maximum atomic E-state index is 12.5. The first-order valence-electron chi connectivity index (χ1n) is 8.22. The van der Waals surface area contributed by atoms with Gasteiger partial charge in [-0.2, -0.15) is 8.42 Å². The van der Waals surface area contributed by atoms with Crippen molar-refractivity contribution in [1.29, 1.82) is 0 Å². The molecule has 0 saturated carbocycles. The molecule has 10 heteroatoms. The molecular weight excluding hydrogens is 418 g/mol. The second kappa shape index (κ2) is 8.50. The van der Waals surface area contributed by atoms with Crippen LogP contribution < -0.4 is 4.18 Å². The van der Waals surface area contributed by atoms with E-state index in [2.05, 4.69) is 4.74 Å². The Hall–Kier alpha value is -3.11. The van der Waals surface area contributed by atoms with Gasteiger partial charge in [-0.3, -0.25) is 19.3 Å². The number of ether oxygens (including phenoxy) is 1. The zero-order chi connectivity index (χ0) is 21.0. The van der Waals surface area contributed by atoms with Crippen molar-refractivity contribution in [2.75, 3.05) is 13.7 Å². The number of benzene rings is 2. The zero-order valence-electron chi connectivity index (χ0n) is 15.1. The van der Waals surface area contributed by atoms with Gasteiger partial charge in [0.05, 0.1) is 12.0 Å². The van der Waals surface area contributed by atoms with Gasteiger partial charge in [0, 0.05) is 5.56 Å². The largest absolute Gasteiger partial charge is 0.468 e. The molecule has 2 aromatic rings. The van der Waals surface area contributed by atoms with Gasteiger partial charge in [0.1, 0.15) is 17.2 Å². The van der Waals surface area contributed by atoms with Gasteiger partial charge in [0.25, 0.3) is 11.1 Å². The van der Waals surface area contributed by atoms with Crippen LogP contribution in [0.4, 0.5) is 4.79 Å². The van der Waals surface area contributed by atoms with Gasteiger partial charge in [0.15, 0.2) is 0 Å². The van der Waals surface area contributed by atoms with Gasteiger partial charge in [-0.05, 0) is 36.0 Å². The lowest BCUT2D eigenvalue weighted by Gasteiger charge is -2.10. The number of carbonyl (C=O) groups excluding carboxylic acids is 3. The first-order chi connectivity index (χ1) is 13.8. The molecule has 0 aliphatic carbocycles. The van der Waals surface area contributed by atoms with Crippen LogP contribution in [0.2, 0.25) is 0 Å². The molecule has 0 unspecified atom stereocenters. The van der Waals surface area contributed by atoms with E-state index in [0.29, 0.717) is 11.8 Å². The zero-order valence-corrected chi connectivity index (χ0v) is 16.7. The summed E-state index contributed by atoms with van der Waals surface area (Å²) in [4.78, 5) is 36.6. The number of rotatable bonds is 6. The molecule has 150 valence electrons. The third kappa shape index (κ3) is 4.66. The first-order valence-corrected chi connectivity index (χ1v) is 10.4. The average molecular weight is 433 g/mol. The number of imide groups is 1. The van der Waals surface area contributed by atoms with Crippen LogP contribution in [0.3, 0.4) is 0 Å². The number of methoxy groups -OCH3 is 1. The van der Waals surface area contributed by atoms with Gasteiger partial charge in [0.2, 0.25) is 0 Å². The minimum absolute atomic E-state index is 0.00359. The van der Waals surface area contributed by atoms with Crippen molar-refractivity contribution in [2.24, 2.45) is 0 Å². The Morgan fingerprint density at radius 2 is 1.72 bits per heavy atom. The molecule has 3 rings (SSSR count). The lowest BCUT2D eigenvalue weighted by atomic mass is 10.2. The van der Waals surface area contributed by atoms with Crippen molar-refractivity contribution < 1.29 is 31.7 Å². The quantitative estimate of drug-likeness (QED) is 0.389. The molecule has 2 aromatic carbocycles. The average Bonchev–Trinajstić information content (AvgIpc) is 2.97. The minimum Gasteiger partial charge on any atom is -0.468 e. The van der Waals surface area contributed by atoms with Crippen molar-refractivity contribution in [3.8, 4) is 5.75 Å². The normalized spacial score (nSPS) is 15.6. The predicted molar refractivity (Wildman–Crippen MR) is 105 cm³/mol. The summed E-state index contributed by atoms with van der Waals surface area (Å²) in [6.45, 7) is -0.501. The molecule has 1 aliphatic heterocycles. The van der Waals surface area contributed by atoms with E-state index in [9.17, 15) is 22.8 Å². The summed E-state index contributed by atoms with van der Waals surface area (Å²) in [5.41, 5.74) is 0.288. The lowest BCUT2D eigenvalue weighted by molar-refractivity contribution is -0.143. The Morgan fingerprint density at radius 3 is 2.41 bits per heavy atom. The summed E-state index contributed by atoms with van der Waals surface area (Å²) in [5.74, 6) is -1.41. The fourth-order valence-corrected chi connectivity index (χ4v) is 4.20. The molecule has 0 radical (unpaired) electrons. The lowest BCUT2D eigenvalue weighted by Crippen LogP contribution is -2.34. The molecule has 1 fully saturated rings. The van der Waals surface area contributed by atoms with Crippen molar-refractivity contribution in [2.45, 2.75) is 4.90 Å². The van der Waals surface area contributed by atoms with Crippen LogP contribution >= 0.6 is 11.8 Å². The molecular formula is C19H15NO7S2. The Labute approximate surface area is 171 Å². The van der Waals surface area contributed by atoms with Crippen LogP contribution in [0.1, 0.15) is 5.56 Å². The monoisotopic (exact) mass is 433 g/mol. The van der Waals surface area contributed by atoms with E-state index in [1.54, 1.807) is 36.4 Å². The maximum Gasteiger partial charge on any atom is 0.339 e. The number of carbonyl (C=O) groups is 3. The second-order valence-electron chi connectivity index (χ2n) is 5.73. The fourth-order valence-electron chi connectivity index (χ4n) is 2.40. The number of hydrogen-bond donors (Lipinski definition) is 0. The molecule has 8 nitrogen and oxygen atoms in total. The fraction of sp³-hybridized carbons (Fsp3) is 0.105. The van der Waals surface area contributed by atoms with Crippen LogP contribution in [0.5, 0.6) is 5.75 Å². The molecule has 0 atom stereocenters. The van der Waals surface area contributed by atoms with Crippen LogP contribution in [-0.2, 0) is 24.4 Å². The van der Waals surface area contributed by atoms with E-state index in [1.807, 2.05) is 0 Å². The minimum atomic E-state index is -4.08. The van der Waals surface area contributed by atoms with Crippen LogP contribution in [0.25, 0.3) is 6.08 Å². The topological polar surface area (TPSA) is 107 Å². The van der Waals surface area contributed by atoms with Crippen molar-refractivity contribution in [3.63, 3.8) is 0 Å². The Kier molecular flexibility index (Phi) is 6.04. The van der Waals surface area contributed by atoms with Crippen molar-refractivity contribution in [1.82, 2.24) is 4.90 Å². The first kappa shape index (κ1) is 20.6. The molecule has 0 N–H and O–H groups in total. The molecule has 1 saturated heterocycles. The van der Waals surface area contributed by atoms with Crippen molar-refractivity contribution >= 4 is 45.1 Å². The highest BCUT2D eigenvalue weighted by Gasteiger charge is 2.36. The number of amides is 2. The van der Waals surface area contributed by atoms with E-state index in [-0.39, 0.29) is 21.1 Å². The van der Waals surface area contributed by atoms with Crippen molar-refractivity contribution in [3.05, 3.63) is 65.1 Å². The van der Waals surface area contributed by atoms with Gasteiger partial charge < -0.3 is 8.92 Å². The summed E-state index contributed by atoms with van der Waals surface area (Å²) >= 11 is 0.638. The van der Waals surface area contributed by atoms with E-state index >= 15 is 0 Å². The smallest absolute Gasteiger partial charge is 0.339 e. The molecule has 0 bridgehead atoms. The summed E-state index contributed by atoms with van der Waals surface area (Å²) in [7, 11) is -2.93. The number of esters is 1. The summed E-state index contributed by atoms with van der Waals surface area (Å²) in [5, 5.41) is -0.623. The van der Waals surface area contributed by atoms with Gasteiger partial charge in [-0.1, -0.05) is 36.4 Å². The maximum absolute atomic E-state index is 12.5. The Bertz CT molecular complexity index is 1090. The number of thioether (sulfide) groups is 1. The molecule has 0 aromatic heterocycles. The molecule has 1 aliphatic rings. The van der Waals surface area contributed by atoms with E-state index < -0.39 is 33.8 Å². The Morgan fingerprint density at radius 1 is 1.07 bits per heavy atom. The highest BCUT2D eigenvalue weighted by atomic mass is 32.2. The summed E-state index contributed by atoms with van der Waals surface area (Å²) in [6.07, 6.45) is 1.35. The second-order valence-corrected chi connectivity index (χ2v) is 8.27. The van der Waals surface area contributed by atoms with Gasteiger partial charge >= 0.3 is 16.1 Å². The van der Waals surface area contributed by atoms with Crippen LogP contribution in [0.15, 0.2) is 64.4 Å². The van der Waals surface area contributed by atoms with Crippen LogP contribution in [-0.4, -0.2) is 44.1 Å². The Balaban J connectivity index is 1.89.